The average molecular weight is 532 g/mol. The third-order valence-electron chi connectivity index (χ3n) is 8.37. The molecule has 4 bridgehead atoms. The zero-order valence-electron chi connectivity index (χ0n) is 21.8. The van der Waals surface area contributed by atoms with Crippen molar-refractivity contribution in [2.75, 3.05) is 25.0 Å². The van der Waals surface area contributed by atoms with E-state index in [1.165, 1.54) is 38.9 Å². The molecule has 0 aromatic heterocycles. The fraction of sp³-hybridized carbons (Fsp3) is 0.533. The second kappa shape index (κ2) is 12.6. The SMILES string of the molecule is CCN(CC)CC.Cl.O=C(c1ccccc1)c1cc(Cl)ccc1NC(=O)C12CC3CC(CC(C3)C1)C2. The van der Waals surface area contributed by atoms with Crippen LogP contribution in [0.1, 0.15) is 75.2 Å². The van der Waals surface area contributed by atoms with Crippen LogP contribution in [-0.4, -0.2) is 36.2 Å². The quantitative estimate of drug-likeness (QED) is 0.377. The molecule has 196 valence electrons. The third kappa shape index (κ3) is 6.33. The van der Waals surface area contributed by atoms with Crippen molar-refractivity contribution in [1.82, 2.24) is 4.90 Å². The molecule has 0 saturated heterocycles. The van der Waals surface area contributed by atoms with Crippen LogP contribution in [0, 0.1) is 23.2 Å². The number of anilines is 1. The Balaban J connectivity index is 0.000000400. The fourth-order valence-electron chi connectivity index (χ4n) is 6.87. The van der Waals surface area contributed by atoms with Crippen LogP contribution in [0.4, 0.5) is 5.69 Å². The second-order valence-electron chi connectivity index (χ2n) is 10.7. The van der Waals surface area contributed by atoms with Gasteiger partial charge in [-0.3, -0.25) is 9.59 Å². The highest BCUT2D eigenvalue weighted by molar-refractivity contribution is 6.31. The number of nitrogens with zero attached hydrogens (tertiary/aromatic N) is 1. The molecule has 0 unspecified atom stereocenters. The lowest BCUT2D eigenvalue weighted by atomic mass is 9.49. The van der Waals surface area contributed by atoms with E-state index >= 15 is 0 Å². The smallest absolute Gasteiger partial charge is 0.230 e. The molecule has 1 N–H and O–H groups in total. The highest BCUT2D eigenvalue weighted by Crippen LogP contribution is 2.60. The molecule has 0 heterocycles. The number of nitrogens with one attached hydrogen (secondary N) is 1. The van der Waals surface area contributed by atoms with Crippen molar-refractivity contribution in [2.45, 2.75) is 59.3 Å². The first-order valence-electron chi connectivity index (χ1n) is 13.3. The molecule has 0 radical (unpaired) electrons. The molecule has 4 aliphatic rings. The van der Waals surface area contributed by atoms with E-state index in [4.69, 9.17) is 11.6 Å². The molecular formula is C30H40Cl2N2O2. The molecule has 0 spiro atoms. The fourth-order valence-corrected chi connectivity index (χ4v) is 7.04. The Hall–Kier alpha value is -1.88. The van der Waals surface area contributed by atoms with Crippen molar-refractivity contribution >= 4 is 41.4 Å². The maximum Gasteiger partial charge on any atom is 0.230 e. The summed E-state index contributed by atoms with van der Waals surface area (Å²) in [5.41, 5.74) is 1.37. The molecule has 2 aromatic rings. The number of hydrogen-bond acceptors (Lipinski definition) is 3. The topological polar surface area (TPSA) is 49.4 Å². The van der Waals surface area contributed by atoms with Crippen molar-refractivity contribution in [3.05, 3.63) is 64.7 Å². The molecule has 2 aromatic carbocycles. The van der Waals surface area contributed by atoms with Crippen LogP contribution in [0.3, 0.4) is 0 Å². The highest BCUT2D eigenvalue weighted by atomic mass is 35.5. The summed E-state index contributed by atoms with van der Waals surface area (Å²) >= 11 is 6.18. The lowest BCUT2D eigenvalue weighted by Gasteiger charge is -2.55. The van der Waals surface area contributed by atoms with Gasteiger partial charge in [-0.15, -0.1) is 12.4 Å². The normalized spacial score (nSPS) is 25.5. The van der Waals surface area contributed by atoms with Crippen molar-refractivity contribution in [2.24, 2.45) is 23.2 Å². The maximum atomic E-state index is 13.4. The van der Waals surface area contributed by atoms with Gasteiger partial charge in [0.1, 0.15) is 0 Å². The van der Waals surface area contributed by atoms with E-state index in [1.807, 2.05) is 18.2 Å². The Kier molecular flexibility index (Phi) is 10.0. The summed E-state index contributed by atoms with van der Waals surface area (Å²) in [4.78, 5) is 28.8. The molecule has 36 heavy (non-hydrogen) atoms. The van der Waals surface area contributed by atoms with Crippen LogP contribution >= 0.6 is 24.0 Å². The summed E-state index contributed by atoms with van der Waals surface area (Å²) < 4.78 is 0. The minimum absolute atomic E-state index is 0. The van der Waals surface area contributed by atoms with E-state index in [0.29, 0.717) is 39.6 Å². The minimum Gasteiger partial charge on any atom is -0.325 e. The van der Waals surface area contributed by atoms with E-state index < -0.39 is 0 Å². The van der Waals surface area contributed by atoms with Gasteiger partial charge in [0.2, 0.25) is 5.91 Å². The average Bonchev–Trinajstić information content (AvgIpc) is 2.86. The molecule has 0 aliphatic heterocycles. The van der Waals surface area contributed by atoms with E-state index in [0.717, 1.165) is 19.3 Å². The van der Waals surface area contributed by atoms with E-state index in [9.17, 15) is 9.59 Å². The van der Waals surface area contributed by atoms with Crippen LogP contribution in [0.25, 0.3) is 0 Å². The van der Waals surface area contributed by atoms with Gasteiger partial charge in [-0.2, -0.15) is 0 Å². The Morgan fingerprint density at radius 3 is 1.89 bits per heavy atom. The van der Waals surface area contributed by atoms with E-state index in [1.54, 1.807) is 30.3 Å². The lowest BCUT2D eigenvalue weighted by Crippen LogP contribution is -2.51. The lowest BCUT2D eigenvalue weighted by molar-refractivity contribution is -0.140. The van der Waals surface area contributed by atoms with Gasteiger partial charge in [0, 0.05) is 16.1 Å². The van der Waals surface area contributed by atoms with Crippen LogP contribution < -0.4 is 5.32 Å². The predicted molar refractivity (Wildman–Crippen MR) is 151 cm³/mol. The monoisotopic (exact) mass is 530 g/mol. The second-order valence-corrected chi connectivity index (χ2v) is 11.1. The summed E-state index contributed by atoms with van der Waals surface area (Å²) in [6, 6.07) is 14.3. The van der Waals surface area contributed by atoms with Crippen LogP contribution in [0.5, 0.6) is 0 Å². The number of hydrogen-bond donors (Lipinski definition) is 1. The standard InChI is InChI=1S/C24H24ClNO2.C6H15N.ClH/c25-19-6-7-21(20(11-19)22(27)18-4-2-1-3-5-18)26-23(28)24-12-15-8-16(13-24)10-17(9-15)14-24;1-4-7(5-2)6-3;/h1-7,11,15-17H,8-10,12-14H2,(H,26,28);4-6H2,1-3H3;1H. The van der Waals surface area contributed by atoms with Gasteiger partial charge in [-0.1, -0.05) is 62.7 Å². The number of halogens is 2. The zero-order chi connectivity index (χ0) is 25.0. The molecule has 4 fully saturated rings. The summed E-state index contributed by atoms with van der Waals surface area (Å²) in [5, 5.41) is 3.62. The first kappa shape index (κ1) is 28.7. The molecule has 4 aliphatic carbocycles. The number of rotatable bonds is 7. The van der Waals surface area contributed by atoms with Gasteiger partial charge in [0.05, 0.1) is 11.1 Å². The van der Waals surface area contributed by atoms with Crippen LogP contribution in [0.2, 0.25) is 5.02 Å². The molecule has 0 atom stereocenters. The van der Waals surface area contributed by atoms with Crippen LogP contribution in [0.15, 0.2) is 48.5 Å². The van der Waals surface area contributed by atoms with Gasteiger partial charge < -0.3 is 10.2 Å². The predicted octanol–water partition coefficient (Wildman–Crippen LogP) is 7.50. The molecular weight excluding hydrogens is 491 g/mol. The molecule has 4 saturated carbocycles. The minimum atomic E-state index is -0.249. The Morgan fingerprint density at radius 2 is 1.42 bits per heavy atom. The summed E-state index contributed by atoms with van der Waals surface area (Å²) in [7, 11) is 0. The first-order chi connectivity index (χ1) is 16.9. The summed E-state index contributed by atoms with van der Waals surface area (Å²) in [6.45, 7) is 10.1. The first-order valence-corrected chi connectivity index (χ1v) is 13.7. The van der Waals surface area contributed by atoms with Crippen molar-refractivity contribution < 1.29 is 9.59 Å². The van der Waals surface area contributed by atoms with E-state index in [-0.39, 0.29) is 29.5 Å². The van der Waals surface area contributed by atoms with Gasteiger partial charge in [-0.25, -0.2) is 0 Å². The highest BCUT2D eigenvalue weighted by Gasteiger charge is 2.54. The van der Waals surface area contributed by atoms with Crippen molar-refractivity contribution in [1.29, 1.82) is 0 Å². The molecule has 1 amide bonds. The number of carbonyl (C=O) groups is 2. The zero-order valence-corrected chi connectivity index (χ0v) is 23.3. The van der Waals surface area contributed by atoms with Crippen LogP contribution in [-0.2, 0) is 4.79 Å². The molecule has 4 nitrogen and oxygen atoms in total. The maximum absolute atomic E-state index is 13.4. The Bertz CT molecular complexity index is 996. The van der Waals surface area contributed by atoms with Crippen molar-refractivity contribution in [3.8, 4) is 0 Å². The summed E-state index contributed by atoms with van der Waals surface area (Å²) in [5.74, 6) is 2.08. The largest absolute Gasteiger partial charge is 0.325 e. The summed E-state index contributed by atoms with van der Waals surface area (Å²) in [6.07, 6.45) is 6.89. The van der Waals surface area contributed by atoms with Gasteiger partial charge in [0.25, 0.3) is 0 Å². The molecule has 6 heteroatoms. The molecule has 6 rings (SSSR count). The van der Waals surface area contributed by atoms with E-state index in [2.05, 4.69) is 31.0 Å². The van der Waals surface area contributed by atoms with Gasteiger partial charge in [-0.05, 0) is 94.1 Å². The third-order valence-corrected chi connectivity index (χ3v) is 8.61. The number of ketones is 1. The van der Waals surface area contributed by atoms with Crippen molar-refractivity contribution in [3.63, 3.8) is 0 Å². The van der Waals surface area contributed by atoms with Gasteiger partial charge >= 0.3 is 0 Å². The number of benzene rings is 2. The number of amides is 1. The Labute approximate surface area is 227 Å². The van der Waals surface area contributed by atoms with Gasteiger partial charge in [0.15, 0.2) is 5.78 Å². The Morgan fingerprint density at radius 1 is 0.889 bits per heavy atom. The number of carbonyl (C=O) groups excluding carboxylic acids is 2.